The molecule has 0 spiro atoms. The first-order valence-electron chi connectivity index (χ1n) is 10.3. The van der Waals surface area contributed by atoms with Gasteiger partial charge in [-0.3, -0.25) is 4.79 Å². The van der Waals surface area contributed by atoms with Crippen LogP contribution >= 0.6 is 0 Å². The Balaban J connectivity index is 1.87. The highest BCUT2D eigenvalue weighted by atomic mass is 28.4. The summed E-state index contributed by atoms with van der Waals surface area (Å²) in [6.45, 7) is 14.1. The molecule has 2 aliphatic carbocycles. The maximum absolute atomic E-state index is 12.4. The van der Waals surface area contributed by atoms with Gasteiger partial charge in [0.25, 0.3) is 0 Å². The Morgan fingerprint density at radius 3 is 2.58 bits per heavy atom. The number of esters is 1. The average Bonchev–Trinajstić information content (AvgIpc) is 2.89. The van der Waals surface area contributed by atoms with Crippen LogP contribution in [0.1, 0.15) is 66.2 Å². The van der Waals surface area contributed by atoms with Crippen LogP contribution in [0.3, 0.4) is 0 Å². The van der Waals surface area contributed by atoms with Gasteiger partial charge >= 0.3 is 5.97 Å². The number of hydrogen-bond acceptors (Lipinski definition) is 4. The molecule has 4 nitrogen and oxygen atoms in total. The van der Waals surface area contributed by atoms with Crippen molar-refractivity contribution < 1.29 is 18.8 Å². The van der Waals surface area contributed by atoms with Crippen LogP contribution in [0.4, 0.5) is 0 Å². The second kappa shape index (κ2) is 6.44. The van der Waals surface area contributed by atoms with Gasteiger partial charge in [0.05, 0.1) is 13.0 Å². The van der Waals surface area contributed by atoms with E-state index in [1.54, 1.807) is 0 Å². The molecular weight excluding hydrogens is 344 g/mol. The molecule has 148 valence electrons. The molecule has 0 N–H and O–H groups in total. The standard InChI is InChI=1S/C21H36O4Si/c1-19(2,3)26(5,6)24-14-21-11-9-16-15(13-22)8-7-10-20(16,4)17(21)12-18(23)25-21/h13,15-17H,7-12,14H2,1-6H3/t15-,16-,17?,20-,21+/m0/s1. The van der Waals surface area contributed by atoms with E-state index in [2.05, 4.69) is 40.8 Å². The van der Waals surface area contributed by atoms with Gasteiger partial charge in [0.1, 0.15) is 11.9 Å². The van der Waals surface area contributed by atoms with Crippen LogP contribution in [0.5, 0.6) is 0 Å². The maximum atomic E-state index is 12.4. The van der Waals surface area contributed by atoms with E-state index in [1.165, 1.54) is 6.29 Å². The van der Waals surface area contributed by atoms with E-state index < -0.39 is 13.9 Å². The largest absolute Gasteiger partial charge is 0.456 e. The highest BCUT2D eigenvalue weighted by Crippen LogP contribution is 2.62. The van der Waals surface area contributed by atoms with Gasteiger partial charge in [0, 0.05) is 11.8 Å². The molecule has 1 unspecified atom stereocenters. The van der Waals surface area contributed by atoms with Crippen molar-refractivity contribution in [1.29, 1.82) is 0 Å². The van der Waals surface area contributed by atoms with E-state index >= 15 is 0 Å². The highest BCUT2D eigenvalue weighted by molar-refractivity contribution is 6.74. The molecule has 0 aromatic rings. The van der Waals surface area contributed by atoms with Crippen molar-refractivity contribution in [1.82, 2.24) is 0 Å². The van der Waals surface area contributed by atoms with Gasteiger partial charge in [0.15, 0.2) is 8.32 Å². The Bertz CT molecular complexity index is 581. The van der Waals surface area contributed by atoms with Crippen LogP contribution in [-0.2, 0) is 18.8 Å². The van der Waals surface area contributed by atoms with Crippen LogP contribution in [0.2, 0.25) is 18.1 Å². The Kier molecular flexibility index (Phi) is 4.97. The first kappa shape index (κ1) is 20.1. The van der Waals surface area contributed by atoms with Gasteiger partial charge in [-0.1, -0.05) is 34.1 Å². The third-order valence-corrected chi connectivity index (χ3v) is 12.8. The lowest BCUT2D eigenvalue weighted by molar-refractivity contribution is -0.172. The van der Waals surface area contributed by atoms with Gasteiger partial charge in [0.2, 0.25) is 0 Å². The maximum Gasteiger partial charge on any atom is 0.306 e. The monoisotopic (exact) mass is 380 g/mol. The zero-order chi connectivity index (χ0) is 19.4. The Morgan fingerprint density at radius 1 is 1.27 bits per heavy atom. The van der Waals surface area contributed by atoms with Crippen molar-refractivity contribution in [3.8, 4) is 0 Å². The number of ether oxygens (including phenoxy) is 1. The summed E-state index contributed by atoms with van der Waals surface area (Å²) in [6, 6.07) is 0. The van der Waals surface area contributed by atoms with Gasteiger partial charge in [-0.15, -0.1) is 0 Å². The molecule has 3 rings (SSSR count). The predicted molar refractivity (Wildman–Crippen MR) is 104 cm³/mol. The lowest BCUT2D eigenvalue weighted by atomic mass is 9.49. The number of carbonyl (C=O) groups is 2. The molecule has 0 amide bonds. The Morgan fingerprint density at radius 2 is 1.96 bits per heavy atom. The highest BCUT2D eigenvalue weighted by Gasteiger charge is 2.63. The molecule has 0 aromatic carbocycles. The average molecular weight is 381 g/mol. The summed E-state index contributed by atoms with van der Waals surface area (Å²) >= 11 is 0. The molecule has 3 fully saturated rings. The smallest absolute Gasteiger partial charge is 0.306 e. The molecule has 0 radical (unpaired) electrons. The normalized spacial score (nSPS) is 40.5. The van der Waals surface area contributed by atoms with Crippen molar-refractivity contribution in [3.05, 3.63) is 0 Å². The van der Waals surface area contributed by atoms with Crippen LogP contribution in [0.25, 0.3) is 0 Å². The minimum absolute atomic E-state index is 0.00499. The molecule has 1 aliphatic heterocycles. The molecule has 3 aliphatic rings. The minimum atomic E-state index is -1.91. The fourth-order valence-corrected chi connectivity index (χ4v) is 6.64. The lowest BCUT2D eigenvalue weighted by Crippen LogP contribution is -2.58. The van der Waals surface area contributed by atoms with Crippen LogP contribution < -0.4 is 0 Å². The Hall–Kier alpha value is -0.683. The molecule has 26 heavy (non-hydrogen) atoms. The van der Waals surface area contributed by atoms with Crippen LogP contribution in [0, 0.1) is 23.2 Å². The molecule has 5 atom stereocenters. The topological polar surface area (TPSA) is 52.6 Å². The van der Waals surface area contributed by atoms with Crippen molar-refractivity contribution >= 4 is 20.6 Å². The number of fused-ring (bicyclic) bond motifs is 3. The van der Waals surface area contributed by atoms with E-state index in [0.29, 0.717) is 18.9 Å². The van der Waals surface area contributed by atoms with E-state index in [9.17, 15) is 9.59 Å². The molecule has 5 heteroatoms. The predicted octanol–water partition coefficient (Wildman–Crippen LogP) is 4.73. The quantitative estimate of drug-likeness (QED) is 0.402. The molecule has 0 bridgehead atoms. The second-order valence-electron chi connectivity index (χ2n) is 10.7. The van der Waals surface area contributed by atoms with Gasteiger partial charge in [-0.2, -0.15) is 0 Å². The van der Waals surface area contributed by atoms with Gasteiger partial charge in [-0.05, 0) is 55.1 Å². The molecule has 2 saturated carbocycles. The van der Waals surface area contributed by atoms with Crippen molar-refractivity contribution in [3.63, 3.8) is 0 Å². The van der Waals surface area contributed by atoms with Crippen molar-refractivity contribution in [2.24, 2.45) is 23.2 Å². The first-order chi connectivity index (χ1) is 12.0. The van der Waals surface area contributed by atoms with Crippen LogP contribution in [-0.4, -0.2) is 32.8 Å². The third-order valence-electron chi connectivity index (χ3n) is 8.27. The SMILES string of the molecule is CC(C)(C)[Si](C)(C)OC[C@]12CC[C@H]3[C@H](C=O)CCC[C@]3(C)C1CC(=O)O2. The number of aldehydes is 1. The summed E-state index contributed by atoms with van der Waals surface area (Å²) in [5, 5.41) is 0.135. The number of rotatable bonds is 4. The second-order valence-corrected chi connectivity index (χ2v) is 15.5. The fraction of sp³-hybridized carbons (Fsp3) is 0.905. The zero-order valence-electron chi connectivity index (χ0n) is 17.4. The summed E-state index contributed by atoms with van der Waals surface area (Å²) in [5.74, 6) is 0.621. The lowest BCUT2D eigenvalue weighted by Gasteiger charge is -2.57. The first-order valence-corrected chi connectivity index (χ1v) is 13.2. The van der Waals surface area contributed by atoms with E-state index in [1.807, 2.05) is 0 Å². The number of hydrogen-bond donors (Lipinski definition) is 0. The van der Waals surface area contributed by atoms with Crippen molar-refractivity contribution in [2.45, 2.75) is 90.0 Å². The molecular formula is C21H36O4Si. The minimum Gasteiger partial charge on any atom is -0.456 e. The Labute approximate surface area is 159 Å². The van der Waals surface area contributed by atoms with Gasteiger partial charge < -0.3 is 14.0 Å². The molecule has 1 saturated heterocycles. The summed E-state index contributed by atoms with van der Waals surface area (Å²) in [6.07, 6.45) is 6.61. The van der Waals surface area contributed by atoms with E-state index in [4.69, 9.17) is 9.16 Å². The van der Waals surface area contributed by atoms with Crippen molar-refractivity contribution in [2.75, 3.05) is 6.61 Å². The van der Waals surface area contributed by atoms with Crippen LogP contribution in [0.15, 0.2) is 0 Å². The summed E-state index contributed by atoms with van der Waals surface area (Å²) in [5.41, 5.74) is -0.479. The third kappa shape index (κ3) is 3.09. The van der Waals surface area contributed by atoms with Gasteiger partial charge in [-0.25, -0.2) is 0 Å². The summed E-state index contributed by atoms with van der Waals surface area (Å²) in [7, 11) is -1.91. The summed E-state index contributed by atoms with van der Waals surface area (Å²) < 4.78 is 12.6. The fourth-order valence-electron chi connectivity index (χ4n) is 5.61. The van der Waals surface area contributed by atoms with E-state index in [-0.39, 0.29) is 28.3 Å². The molecule has 0 aromatic heterocycles. The number of carbonyl (C=O) groups excluding carboxylic acids is 2. The van der Waals surface area contributed by atoms with E-state index in [0.717, 1.165) is 32.1 Å². The summed E-state index contributed by atoms with van der Waals surface area (Å²) in [4.78, 5) is 24.0. The molecule has 1 heterocycles. The zero-order valence-corrected chi connectivity index (χ0v) is 18.4.